The quantitative estimate of drug-likeness (QED) is 0.337. The number of benzene rings is 3. The predicted molar refractivity (Wildman–Crippen MR) is 133 cm³/mol. The van der Waals surface area contributed by atoms with Crippen LogP contribution < -0.4 is 10.1 Å². The second kappa shape index (κ2) is 10.3. The topological polar surface area (TPSA) is 56.1 Å². The normalized spacial score (nSPS) is 11.0. The van der Waals surface area contributed by atoms with E-state index in [0.29, 0.717) is 18.7 Å². The smallest absolute Gasteiger partial charge is 0.251 e. The Kier molecular flexibility index (Phi) is 7.08. The van der Waals surface area contributed by atoms with Gasteiger partial charge < -0.3 is 14.6 Å². The highest BCUT2D eigenvalue weighted by atomic mass is 16.5. The lowest BCUT2D eigenvalue weighted by Gasteiger charge is -2.12. The van der Waals surface area contributed by atoms with Gasteiger partial charge in [-0.3, -0.25) is 4.79 Å². The van der Waals surface area contributed by atoms with Gasteiger partial charge in [-0.2, -0.15) is 0 Å². The number of rotatable bonds is 9. The van der Waals surface area contributed by atoms with Crippen LogP contribution in [0.2, 0.25) is 0 Å². The van der Waals surface area contributed by atoms with Crippen molar-refractivity contribution >= 4 is 16.9 Å². The third-order valence-corrected chi connectivity index (χ3v) is 5.91. The molecule has 4 aromatic rings. The molecular weight excluding hydrogens is 410 g/mol. The second-order valence-electron chi connectivity index (χ2n) is 8.49. The molecule has 1 aromatic heterocycles. The summed E-state index contributed by atoms with van der Waals surface area (Å²) in [6.45, 7) is 7.99. The molecule has 0 fully saturated rings. The van der Waals surface area contributed by atoms with Gasteiger partial charge in [-0.15, -0.1) is 0 Å². The number of aryl methyl sites for hydroxylation is 4. The summed E-state index contributed by atoms with van der Waals surface area (Å²) in [5.41, 5.74) is 6.07. The number of aromatic nitrogens is 2. The van der Waals surface area contributed by atoms with Crippen molar-refractivity contribution in [2.75, 3.05) is 6.61 Å². The molecule has 1 N–H and O–H groups in total. The number of fused-ring (bicyclic) bond motifs is 1. The van der Waals surface area contributed by atoms with E-state index in [-0.39, 0.29) is 5.91 Å². The lowest BCUT2D eigenvalue weighted by molar-refractivity contribution is 0.0949. The Hall–Kier alpha value is -3.60. The molecule has 0 radical (unpaired) electrons. The fourth-order valence-electron chi connectivity index (χ4n) is 4.01. The van der Waals surface area contributed by atoms with E-state index in [0.717, 1.165) is 53.1 Å². The molecule has 33 heavy (non-hydrogen) atoms. The molecule has 1 heterocycles. The lowest BCUT2D eigenvalue weighted by Crippen LogP contribution is -2.25. The van der Waals surface area contributed by atoms with Crippen LogP contribution >= 0.6 is 0 Å². The summed E-state index contributed by atoms with van der Waals surface area (Å²) in [5, 5.41) is 3.05. The van der Waals surface area contributed by atoms with Crippen LogP contribution in [0.4, 0.5) is 0 Å². The summed E-state index contributed by atoms with van der Waals surface area (Å²) in [5.74, 6) is 1.75. The lowest BCUT2D eigenvalue weighted by atomic mass is 10.1. The summed E-state index contributed by atoms with van der Waals surface area (Å²) < 4.78 is 8.23. The zero-order chi connectivity index (χ0) is 23.2. The monoisotopic (exact) mass is 441 g/mol. The largest absolute Gasteiger partial charge is 0.493 e. The van der Waals surface area contributed by atoms with Crippen LogP contribution in [0.5, 0.6) is 5.75 Å². The number of amides is 1. The van der Waals surface area contributed by atoms with Crippen LogP contribution in [0, 0.1) is 20.8 Å². The predicted octanol–water partition coefficient (Wildman–Crippen LogP) is 5.75. The minimum atomic E-state index is -0.0753. The molecule has 1 amide bonds. The van der Waals surface area contributed by atoms with Gasteiger partial charge in [0.1, 0.15) is 11.6 Å². The Bertz CT molecular complexity index is 1260. The minimum absolute atomic E-state index is 0.0753. The van der Waals surface area contributed by atoms with Gasteiger partial charge in [-0.05, 0) is 74.6 Å². The first kappa shape index (κ1) is 22.6. The van der Waals surface area contributed by atoms with Crippen LogP contribution in [-0.2, 0) is 13.1 Å². The van der Waals surface area contributed by atoms with Crippen molar-refractivity contribution in [2.45, 2.75) is 46.7 Å². The summed E-state index contributed by atoms with van der Waals surface area (Å²) in [6, 6.07) is 22.0. The molecule has 170 valence electrons. The van der Waals surface area contributed by atoms with Crippen molar-refractivity contribution in [3.63, 3.8) is 0 Å². The standard InChI is InChI=1S/C28H31N3O2/c1-20-14-15-22(3)26(18-20)33-17-9-8-16-31-25-13-7-6-12-24(25)30-27(31)19-29-28(32)23-11-5-4-10-21(23)2/h4-7,10-15,18H,8-9,16-17,19H2,1-3H3,(H,29,32). The molecule has 0 aliphatic carbocycles. The summed E-state index contributed by atoms with van der Waals surface area (Å²) in [7, 11) is 0. The van der Waals surface area contributed by atoms with Crippen molar-refractivity contribution in [3.8, 4) is 5.75 Å². The van der Waals surface area contributed by atoms with E-state index in [9.17, 15) is 4.79 Å². The van der Waals surface area contributed by atoms with Crippen molar-refractivity contribution in [1.82, 2.24) is 14.9 Å². The zero-order valence-corrected chi connectivity index (χ0v) is 19.6. The van der Waals surface area contributed by atoms with Crippen LogP contribution in [0.3, 0.4) is 0 Å². The molecule has 4 rings (SSSR count). The highest BCUT2D eigenvalue weighted by Crippen LogP contribution is 2.20. The molecule has 0 atom stereocenters. The first-order chi connectivity index (χ1) is 16.0. The van der Waals surface area contributed by atoms with Gasteiger partial charge in [-0.1, -0.05) is 42.5 Å². The molecule has 0 saturated carbocycles. The number of carbonyl (C=O) groups excluding carboxylic acids is 1. The van der Waals surface area contributed by atoms with Crippen molar-refractivity contribution in [1.29, 1.82) is 0 Å². The SMILES string of the molecule is Cc1ccc(C)c(OCCCCn2c(CNC(=O)c3ccccc3C)nc3ccccc32)c1. The molecule has 3 aromatic carbocycles. The van der Waals surface area contributed by atoms with Crippen molar-refractivity contribution in [3.05, 3.63) is 94.8 Å². The number of para-hydroxylation sites is 2. The second-order valence-corrected chi connectivity index (χ2v) is 8.49. The van der Waals surface area contributed by atoms with E-state index < -0.39 is 0 Å². The number of nitrogens with one attached hydrogen (secondary N) is 1. The van der Waals surface area contributed by atoms with E-state index in [1.807, 2.05) is 49.4 Å². The fourth-order valence-corrected chi connectivity index (χ4v) is 4.01. The van der Waals surface area contributed by atoms with E-state index >= 15 is 0 Å². The molecule has 0 saturated heterocycles. The Morgan fingerprint density at radius 1 is 0.939 bits per heavy atom. The number of nitrogens with zero attached hydrogens (tertiary/aromatic N) is 2. The summed E-state index contributed by atoms with van der Waals surface area (Å²) in [6.07, 6.45) is 1.90. The van der Waals surface area contributed by atoms with E-state index in [2.05, 4.69) is 48.0 Å². The number of hydrogen-bond acceptors (Lipinski definition) is 3. The average molecular weight is 442 g/mol. The van der Waals surface area contributed by atoms with Gasteiger partial charge in [0.05, 0.1) is 24.2 Å². The van der Waals surface area contributed by atoms with Gasteiger partial charge in [0, 0.05) is 12.1 Å². The highest BCUT2D eigenvalue weighted by Gasteiger charge is 2.13. The maximum absolute atomic E-state index is 12.7. The Balaban J connectivity index is 1.39. The van der Waals surface area contributed by atoms with E-state index in [4.69, 9.17) is 9.72 Å². The number of unbranched alkanes of at least 4 members (excludes halogenated alkanes) is 1. The molecule has 0 bridgehead atoms. The van der Waals surface area contributed by atoms with Gasteiger partial charge >= 0.3 is 0 Å². The average Bonchev–Trinajstić information content (AvgIpc) is 3.17. The van der Waals surface area contributed by atoms with Crippen LogP contribution in [0.25, 0.3) is 11.0 Å². The van der Waals surface area contributed by atoms with E-state index in [1.54, 1.807) is 0 Å². The molecule has 0 aliphatic rings. The van der Waals surface area contributed by atoms with Crippen LogP contribution in [-0.4, -0.2) is 22.1 Å². The van der Waals surface area contributed by atoms with Gasteiger partial charge in [0.2, 0.25) is 0 Å². The number of imidazole rings is 1. The van der Waals surface area contributed by atoms with E-state index in [1.165, 1.54) is 5.56 Å². The third kappa shape index (κ3) is 5.43. The first-order valence-corrected chi connectivity index (χ1v) is 11.5. The Morgan fingerprint density at radius 2 is 1.73 bits per heavy atom. The number of hydrogen-bond donors (Lipinski definition) is 1. The maximum atomic E-state index is 12.7. The number of carbonyl (C=O) groups is 1. The van der Waals surface area contributed by atoms with Gasteiger partial charge in [-0.25, -0.2) is 4.98 Å². The molecule has 5 nitrogen and oxygen atoms in total. The minimum Gasteiger partial charge on any atom is -0.493 e. The Morgan fingerprint density at radius 3 is 2.58 bits per heavy atom. The molecule has 5 heteroatoms. The van der Waals surface area contributed by atoms with Crippen LogP contribution in [0.15, 0.2) is 66.7 Å². The molecular formula is C28H31N3O2. The van der Waals surface area contributed by atoms with Gasteiger partial charge in [0.15, 0.2) is 0 Å². The Labute approximate surface area is 195 Å². The van der Waals surface area contributed by atoms with Crippen LogP contribution in [0.1, 0.15) is 45.7 Å². The third-order valence-electron chi connectivity index (χ3n) is 5.91. The zero-order valence-electron chi connectivity index (χ0n) is 19.6. The van der Waals surface area contributed by atoms with Crippen molar-refractivity contribution in [2.24, 2.45) is 0 Å². The molecule has 0 aliphatic heterocycles. The molecule has 0 unspecified atom stereocenters. The first-order valence-electron chi connectivity index (χ1n) is 11.5. The van der Waals surface area contributed by atoms with Crippen molar-refractivity contribution < 1.29 is 9.53 Å². The summed E-state index contributed by atoms with van der Waals surface area (Å²) in [4.78, 5) is 17.5. The number of ether oxygens (including phenoxy) is 1. The maximum Gasteiger partial charge on any atom is 0.251 e. The highest BCUT2D eigenvalue weighted by molar-refractivity contribution is 5.95. The summed E-state index contributed by atoms with van der Waals surface area (Å²) >= 11 is 0. The molecule has 0 spiro atoms. The van der Waals surface area contributed by atoms with Gasteiger partial charge in [0.25, 0.3) is 5.91 Å². The fraction of sp³-hybridized carbons (Fsp3) is 0.286.